The van der Waals surface area contributed by atoms with Gasteiger partial charge < -0.3 is 14.0 Å². The summed E-state index contributed by atoms with van der Waals surface area (Å²) in [6.45, 7) is 8.23. The zero-order valence-electron chi connectivity index (χ0n) is 13.8. The Labute approximate surface area is 151 Å². The van der Waals surface area contributed by atoms with Crippen LogP contribution in [0, 0.1) is 3.57 Å². The van der Waals surface area contributed by atoms with Gasteiger partial charge in [-0.3, -0.25) is 0 Å². The van der Waals surface area contributed by atoms with Gasteiger partial charge in [0.25, 0.3) is 0 Å². The van der Waals surface area contributed by atoms with Gasteiger partial charge in [0.1, 0.15) is 11.5 Å². The van der Waals surface area contributed by atoms with E-state index in [9.17, 15) is 0 Å². The van der Waals surface area contributed by atoms with E-state index in [0.29, 0.717) is 0 Å². The Morgan fingerprint density at radius 1 is 0.870 bits per heavy atom. The summed E-state index contributed by atoms with van der Waals surface area (Å²) >= 11 is 2.27. The van der Waals surface area contributed by atoms with Gasteiger partial charge in [0.2, 0.25) is 0 Å². The number of halogens is 1. The molecular formula is C18H20BIO3. The maximum atomic E-state index is 6.06. The molecule has 0 unspecified atom stereocenters. The Bertz CT molecular complexity index is 682. The maximum absolute atomic E-state index is 6.06. The highest BCUT2D eigenvalue weighted by Crippen LogP contribution is 2.36. The van der Waals surface area contributed by atoms with Gasteiger partial charge in [-0.1, -0.05) is 18.2 Å². The summed E-state index contributed by atoms with van der Waals surface area (Å²) in [6.07, 6.45) is 0. The third kappa shape index (κ3) is 3.57. The van der Waals surface area contributed by atoms with Gasteiger partial charge >= 0.3 is 7.12 Å². The van der Waals surface area contributed by atoms with Crippen molar-refractivity contribution in [1.82, 2.24) is 0 Å². The minimum absolute atomic E-state index is 0.326. The van der Waals surface area contributed by atoms with Crippen molar-refractivity contribution in [3.8, 4) is 11.5 Å². The second kappa shape index (κ2) is 6.11. The largest absolute Gasteiger partial charge is 0.494 e. The standard InChI is InChI=1S/C18H20BIO3/c1-17(2)18(3,4)23-19(22-17)13-8-10-15(11-9-13)21-16-7-5-6-14(20)12-16/h5-12H,1-4H3. The molecule has 1 saturated heterocycles. The number of hydrogen-bond donors (Lipinski definition) is 0. The van der Waals surface area contributed by atoms with E-state index in [1.807, 2.05) is 48.5 Å². The van der Waals surface area contributed by atoms with Crippen LogP contribution in [-0.2, 0) is 9.31 Å². The molecule has 0 N–H and O–H groups in total. The third-order valence-electron chi connectivity index (χ3n) is 4.44. The molecule has 0 saturated carbocycles. The maximum Gasteiger partial charge on any atom is 0.494 e. The van der Waals surface area contributed by atoms with Crippen molar-refractivity contribution in [2.45, 2.75) is 38.9 Å². The van der Waals surface area contributed by atoms with Crippen molar-refractivity contribution in [3.05, 3.63) is 52.1 Å². The van der Waals surface area contributed by atoms with E-state index in [1.54, 1.807) is 0 Å². The number of rotatable bonds is 3. The summed E-state index contributed by atoms with van der Waals surface area (Å²) in [5.41, 5.74) is 0.347. The monoisotopic (exact) mass is 422 g/mol. The first-order valence-corrected chi connectivity index (χ1v) is 8.74. The normalized spacial score (nSPS) is 18.9. The van der Waals surface area contributed by atoms with Crippen LogP contribution < -0.4 is 10.2 Å². The molecule has 1 fully saturated rings. The van der Waals surface area contributed by atoms with Crippen molar-refractivity contribution in [2.24, 2.45) is 0 Å². The average molecular weight is 422 g/mol. The highest BCUT2D eigenvalue weighted by atomic mass is 127. The summed E-state index contributed by atoms with van der Waals surface area (Å²) in [5, 5.41) is 0. The lowest BCUT2D eigenvalue weighted by atomic mass is 9.79. The van der Waals surface area contributed by atoms with Crippen molar-refractivity contribution < 1.29 is 14.0 Å². The molecule has 1 aliphatic heterocycles. The van der Waals surface area contributed by atoms with E-state index in [-0.39, 0.29) is 18.3 Å². The Balaban J connectivity index is 1.73. The summed E-state index contributed by atoms with van der Waals surface area (Å²) < 4.78 is 19.1. The lowest BCUT2D eigenvalue weighted by Gasteiger charge is -2.32. The highest BCUT2D eigenvalue weighted by molar-refractivity contribution is 14.1. The van der Waals surface area contributed by atoms with Gasteiger partial charge in [0.05, 0.1) is 11.2 Å². The number of hydrogen-bond acceptors (Lipinski definition) is 3. The van der Waals surface area contributed by atoms with Crippen LogP contribution in [-0.4, -0.2) is 18.3 Å². The average Bonchev–Trinajstić information content (AvgIpc) is 2.68. The molecule has 2 aromatic carbocycles. The van der Waals surface area contributed by atoms with Crippen molar-refractivity contribution in [1.29, 1.82) is 0 Å². The fourth-order valence-electron chi connectivity index (χ4n) is 2.34. The van der Waals surface area contributed by atoms with Crippen molar-refractivity contribution in [3.63, 3.8) is 0 Å². The third-order valence-corrected chi connectivity index (χ3v) is 5.11. The summed E-state index contributed by atoms with van der Waals surface area (Å²) in [4.78, 5) is 0. The van der Waals surface area contributed by atoms with E-state index in [0.717, 1.165) is 20.5 Å². The first-order valence-electron chi connectivity index (χ1n) is 7.66. The van der Waals surface area contributed by atoms with Crippen LogP contribution in [0.1, 0.15) is 27.7 Å². The summed E-state index contributed by atoms with van der Waals surface area (Å²) in [6, 6.07) is 15.8. The van der Waals surface area contributed by atoms with Crippen LogP contribution in [0.15, 0.2) is 48.5 Å². The molecule has 0 radical (unpaired) electrons. The van der Waals surface area contributed by atoms with Crippen LogP contribution in [0.5, 0.6) is 11.5 Å². The Hall–Kier alpha value is -1.05. The summed E-state index contributed by atoms with van der Waals surface area (Å²) in [5.74, 6) is 1.63. The minimum Gasteiger partial charge on any atom is -0.457 e. The predicted molar refractivity (Wildman–Crippen MR) is 101 cm³/mol. The molecule has 120 valence electrons. The molecule has 1 aliphatic rings. The fourth-order valence-corrected chi connectivity index (χ4v) is 2.85. The predicted octanol–water partition coefficient (Wildman–Crippen LogP) is 4.38. The van der Waals surface area contributed by atoms with Crippen LogP contribution >= 0.6 is 22.6 Å². The molecule has 3 rings (SSSR count). The molecule has 0 amide bonds. The Kier molecular flexibility index (Phi) is 4.46. The lowest BCUT2D eigenvalue weighted by molar-refractivity contribution is 0.00578. The van der Waals surface area contributed by atoms with Crippen LogP contribution in [0.4, 0.5) is 0 Å². The van der Waals surface area contributed by atoms with Crippen molar-refractivity contribution in [2.75, 3.05) is 0 Å². The minimum atomic E-state index is -0.341. The molecule has 23 heavy (non-hydrogen) atoms. The van der Waals surface area contributed by atoms with E-state index in [4.69, 9.17) is 14.0 Å². The molecule has 2 aromatic rings. The van der Waals surface area contributed by atoms with Gasteiger partial charge in [-0.05, 0) is 86.1 Å². The zero-order chi connectivity index (χ0) is 16.7. The molecular weight excluding hydrogens is 402 g/mol. The fraction of sp³-hybridized carbons (Fsp3) is 0.333. The smallest absolute Gasteiger partial charge is 0.457 e. The molecule has 0 atom stereocenters. The summed E-state index contributed by atoms with van der Waals surface area (Å²) in [7, 11) is -0.341. The Morgan fingerprint density at radius 2 is 1.48 bits per heavy atom. The van der Waals surface area contributed by atoms with Gasteiger partial charge in [-0.15, -0.1) is 0 Å². The molecule has 0 bridgehead atoms. The number of ether oxygens (including phenoxy) is 1. The van der Waals surface area contributed by atoms with Crippen LogP contribution in [0.2, 0.25) is 0 Å². The van der Waals surface area contributed by atoms with E-state index < -0.39 is 0 Å². The first kappa shape index (κ1) is 16.8. The van der Waals surface area contributed by atoms with Crippen LogP contribution in [0.25, 0.3) is 0 Å². The highest BCUT2D eigenvalue weighted by Gasteiger charge is 2.51. The lowest BCUT2D eigenvalue weighted by Crippen LogP contribution is -2.41. The molecule has 5 heteroatoms. The zero-order valence-corrected chi connectivity index (χ0v) is 16.0. The molecule has 0 aromatic heterocycles. The second-order valence-electron chi connectivity index (χ2n) is 6.72. The first-order chi connectivity index (χ1) is 10.8. The van der Waals surface area contributed by atoms with Gasteiger partial charge in [0, 0.05) is 3.57 Å². The van der Waals surface area contributed by atoms with E-state index >= 15 is 0 Å². The molecule has 0 spiro atoms. The van der Waals surface area contributed by atoms with E-state index in [1.165, 1.54) is 0 Å². The topological polar surface area (TPSA) is 27.7 Å². The van der Waals surface area contributed by atoms with Crippen LogP contribution in [0.3, 0.4) is 0 Å². The number of benzene rings is 2. The van der Waals surface area contributed by atoms with Gasteiger partial charge in [0.15, 0.2) is 0 Å². The van der Waals surface area contributed by atoms with E-state index in [2.05, 4.69) is 50.3 Å². The van der Waals surface area contributed by atoms with Gasteiger partial charge in [-0.2, -0.15) is 0 Å². The second-order valence-corrected chi connectivity index (χ2v) is 7.96. The molecule has 0 aliphatic carbocycles. The Morgan fingerprint density at radius 3 is 2.04 bits per heavy atom. The molecule has 1 heterocycles. The van der Waals surface area contributed by atoms with Gasteiger partial charge in [-0.25, -0.2) is 0 Å². The SMILES string of the molecule is CC1(C)OB(c2ccc(Oc3cccc(I)c3)cc2)OC1(C)C. The quantitative estimate of drug-likeness (QED) is 0.543. The van der Waals surface area contributed by atoms with Crippen molar-refractivity contribution >= 4 is 35.2 Å². The molecule has 3 nitrogen and oxygen atoms in total.